The molecule has 1 fully saturated rings. The largest absolute Gasteiger partial charge is 0.364 e. The summed E-state index contributed by atoms with van der Waals surface area (Å²) in [6.07, 6.45) is 7.13. The number of ether oxygens (including phenoxy) is 1. The molecule has 0 aliphatic carbocycles. The molecule has 2 N–H and O–H groups in total. The molecule has 9 nitrogen and oxygen atoms in total. The van der Waals surface area contributed by atoms with Gasteiger partial charge in [0.25, 0.3) is 5.91 Å². The molecule has 0 saturated carbocycles. The molecule has 2 amide bonds. The molecule has 1 saturated heterocycles. The molecule has 2 aliphatic rings. The third kappa shape index (κ3) is 3.93. The zero-order chi connectivity index (χ0) is 21.1. The maximum Gasteiger partial charge on any atom is 0.328 e. The first-order valence-corrected chi connectivity index (χ1v) is 10.2. The number of fused-ring (bicyclic) bond motifs is 1. The van der Waals surface area contributed by atoms with Gasteiger partial charge in [0.05, 0.1) is 5.56 Å². The fraction of sp³-hybridized carbons (Fsp3) is 0.429. The van der Waals surface area contributed by atoms with Crippen molar-refractivity contribution in [1.29, 1.82) is 5.41 Å². The molecule has 0 aromatic carbocycles. The number of carbonyl (C=O) groups is 2. The minimum absolute atomic E-state index is 0.0520. The highest BCUT2D eigenvalue weighted by Gasteiger charge is 2.24. The van der Waals surface area contributed by atoms with Gasteiger partial charge in [-0.2, -0.15) is 0 Å². The molecule has 0 radical (unpaired) electrons. The molecular formula is C21H26N6O3. The third-order valence-electron chi connectivity index (χ3n) is 5.50. The van der Waals surface area contributed by atoms with Crippen LogP contribution >= 0.6 is 0 Å². The highest BCUT2D eigenvalue weighted by Crippen LogP contribution is 2.31. The van der Waals surface area contributed by atoms with Gasteiger partial charge in [0.1, 0.15) is 18.0 Å². The lowest BCUT2D eigenvalue weighted by Gasteiger charge is -2.30. The Morgan fingerprint density at radius 2 is 2.00 bits per heavy atom. The Hall–Kier alpha value is -3.20. The fourth-order valence-corrected chi connectivity index (χ4v) is 3.99. The molecule has 9 heteroatoms. The van der Waals surface area contributed by atoms with E-state index in [-0.39, 0.29) is 18.1 Å². The number of rotatable bonds is 4. The number of hydrogen-bond donors (Lipinski definition) is 2. The molecule has 4 heterocycles. The molecule has 2 aromatic rings. The summed E-state index contributed by atoms with van der Waals surface area (Å²) in [5.41, 5.74) is 2.53. The standard InChI is InChI=1S/C21H26N6O3/c1-30-14-24-21(29)27-10-6-17(12-18(27)22)26-9-4-5-15-11-16(13-23-19(15)26)20(28)25-7-2-3-8-25/h6,10-13,22H,2-5,7-9,14H2,1H3,(H,24,29). The minimum Gasteiger partial charge on any atom is -0.364 e. The summed E-state index contributed by atoms with van der Waals surface area (Å²) in [5.74, 6) is 0.858. The normalized spacial score (nSPS) is 15.8. The number of aromatic nitrogens is 2. The van der Waals surface area contributed by atoms with Crippen LogP contribution in [0, 0.1) is 5.41 Å². The maximum atomic E-state index is 12.7. The lowest BCUT2D eigenvalue weighted by Crippen LogP contribution is -2.37. The van der Waals surface area contributed by atoms with E-state index < -0.39 is 6.03 Å². The lowest BCUT2D eigenvalue weighted by molar-refractivity contribution is 0.0792. The van der Waals surface area contributed by atoms with Gasteiger partial charge in [-0.1, -0.05) is 0 Å². The van der Waals surface area contributed by atoms with Crippen molar-refractivity contribution in [3.63, 3.8) is 0 Å². The van der Waals surface area contributed by atoms with Crippen molar-refractivity contribution in [3.8, 4) is 0 Å². The van der Waals surface area contributed by atoms with E-state index in [1.165, 1.54) is 11.7 Å². The zero-order valence-electron chi connectivity index (χ0n) is 17.1. The van der Waals surface area contributed by atoms with Crippen LogP contribution < -0.4 is 15.7 Å². The van der Waals surface area contributed by atoms with Gasteiger partial charge in [0.15, 0.2) is 0 Å². The Kier molecular flexibility index (Phi) is 5.80. The lowest BCUT2D eigenvalue weighted by atomic mass is 10.0. The molecule has 0 bridgehead atoms. The Labute approximate surface area is 174 Å². The molecule has 4 rings (SSSR count). The van der Waals surface area contributed by atoms with Crippen LogP contribution in [0.25, 0.3) is 0 Å². The molecule has 30 heavy (non-hydrogen) atoms. The molecule has 0 spiro atoms. The Morgan fingerprint density at radius 1 is 1.20 bits per heavy atom. The van der Waals surface area contributed by atoms with Crippen LogP contribution in [0.2, 0.25) is 0 Å². The molecule has 158 valence electrons. The number of hydrogen-bond acceptors (Lipinski definition) is 6. The molecule has 2 aliphatic heterocycles. The van der Waals surface area contributed by atoms with Crippen LogP contribution in [0.5, 0.6) is 0 Å². The van der Waals surface area contributed by atoms with E-state index in [9.17, 15) is 9.59 Å². The number of nitrogens with zero attached hydrogens (tertiary/aromatic N) is 4. The van der Waals surface area contributed by atoms with Crippen molar-refractivity contribution in [3.05, 3.63) is 47.2 Å². The first kappa shape index (κ1) is 20.1. The van der Waals surface area contributed by atoms with E-state index in [0.29, 0.717) is 5.56 Å². The van der Waals surface area contributed by atoms with Gasteiger partial charge in [-0.05, 0) is 43.4 Å². The van der Waals surface area contributed by atoms with E-state index in [1.54, 1.807) is 24.5 Å². The van der Waals surface area contributed by atoms with Crippen molar-refractivity contribution in [1.82, 2.24) is 19.8 Å². The second-order valence-electron chi connectivity index (χ2n) is 7.52. The van der Waals surface area contributed by atoms with E-state index >= 15 is 0 Å². The van der Waals surface area contributed by atoms with Gasteiger partial charge < -0.3 is 19.9 Å². The van der Waals surface area contributed by atoms with Gasteiger partial charge in [0, 0.05) is 50.9 Å². The smallest absolute Gasteiger partial charge is 0.328 e. The topological polar surface area (TPSA) is 104 Å². The summed E-state index contributed by atoms with van der Waals surface area (Å²) >= 11 is 0. The second kappa shape index (κ2) is 8.66. The quantitative estimate of drug-likeness (QED) is 0.749. The van der Waals surface area contributed by atoms with Crippen LogP contribution in [0.15, 0.2) is 30.6 Å². The molecule has 0 unspecified atom stereocenters. The third-order valence-corrected chi connectivity index (χ3v) is 5.50. The van der Waals surface area contributed by atoms with Crippen LogP contribution in [-0.4, -0.2) is 59.9 Å². The Morgan fingerprint density at radius 3 is 2.73 bits per heavy atom. The zero-order valence-corrected chi connectivity index (χ0v) is 17.1. The van der Waals surface area contributed by atoms with Crippen molar-refractivity contribution in [2.24, 2.45) is 0 Å². The predicted molar refractivity (Wildman–Crippen MR) is 111 cm³/mol. The summed E-state index contributed by atoms with van der Waals surface area (Å²) in [7, 11) is 1.49. The van der Waals surface area contributed by atoms with Crippen molar-refractivity contribution < 1.29 is 14.3 Å². The van der Waals surface area contributed by atoms with Crippen molar-refractivity contribution >= 4 is 23.4 Å². The van der Waals surface area contributed by atoms with E-state index in [0.717, 1.165) is 62.4 Å². The minimum atomic E-state index is -0.421. The van der Waals surface area contributed by atoms with Crippen LogP contribution in [0.1, 0.15) is 35.2 Å². The molecule has 0 atom stereocenters. The van der Waals surface area contributed by atoms with E-state index in [4.69, 9.17) is 10.1 Å². The fourth-order valence-electron chi connectivity index (χ4n) is 3.99. The van der Waals surface area contributed by atoms with Crippen LogP contribution in [0.3, 0.4) is 0 Å². The number of anilines is 2. The number of nitrogens with one attached hydrogen (secondary N) is 2. The second-order valence-corrected chi connectivity index (χ2v) is 7.52. The highest BCUT2D eigenvalue weighted by molar-refractivity contribution is 5.94. The number of pyridine rings is 2. The molecule has 2 aromatic heterocycles. The van der Waals surface area contributed by atoms with Crippen molar-refractivity contribution in [2.45, 2.75) is 25.7 Å². The van der Waals surface area contributed by atoms with E-state index in [1.807, 2.05) is 15.9 Å². The first-order chi connectivity index (χ1) is 14.6. The van der Waals surface area contributed by atoms with Gasteiger partial charge in [-0.15, -0.1) is 0 Å². The van der Waals surface area contributed by atoms with E-state index in [2.05, 4.69) is 10.3 Å². The maximum absolute atomic E-state index is 12.7. The highest BCUT2D eigenvalue weighted by atomic mass is 16.5. The van der Waals surface area contributed by atoms with Gasteiger partial charge in [-0.25, -0.2) is 9.78 Å². The summed E-state index contributed by atoms with van der Waals surface area (Å²) in [5, 5.41) is 10.8. The van der Waals surface area contributed by atoms with Crippen LogP contribution in [-0.2, 0) is 11.2 Å². The first-order valence-electron chi connectivity index (χ1n) is 10.2. The number of aryl methyl sites for hydroxylation is 1. The summed E-state index contributed by atoms with van der Waals surface area (Å²) in [6.45, 7) is 2.47. The van der Waals surface area contributed by atoms with Gasteiger partial charge >= 0.3 is 6.03 Å². The monoisotopic (exact) mass is 410 g/mol. The average molecular weight is 410 g/mol. The summed E-state index contributed by atoms with van der Waals surface area (Å²) in [4.78, 5) is 33.4. The average Bonchev–Trinajstić information content (AvgIpc) is 3.31. The Balaban J connectivity index is 1.58. The number of methoxy groups -OCH3 is 1. The molecular weight excluding hydrogens is 384 g/mol. The van der Waals surface area contributed by atoms with Crippen LogP contribution in [0.4, 0.5) is 16.3 Å². The Bertz CT molecular complexity index is 1010. The van der Waals surface area contributed by atoms with Crippen molar-refractivity contribution in [2.75, 3.05) is 38.4 Å². The predicted octanol–water partition coefficient (Wildman–Crippen LogP) is 1.84. The van der Waals surface area contributed by atoms with Gasteiger partial charge in [0.2, 0.25) is 0 Å². The number of carbonyl (C=O) groups excluding carboxylic acids is 2. The number of amides is 2. The van der Waals surface area contributed by atoms with Gasteiger partial charge in [-0.3, -0.25) is 14.8 Å². The summed E-state index contributed by atoms with van der Waals surface area (Å²) in [6, 6.07) is 4.98. The number of likely N-dealkylation sites (tertiary alicyclic amines) is 1. The SMILES string of the molecule is COCNC(=O)n1ccc(N2CCCc3cc(C(=O)N4CCCC4)cnc32)cc1=N. The summed E-state index contributed by atoms with van der Waals surface area (Å²) < 4.78 is 6.06.